The number of aromatic nitrogens is 1. The van der Waals surface area contributed by atoms with Gasteiger partial charge >= 0.3 is 0 Å². The molecule has 0 saturated heterocycles. The van der Waals surface area contributed by atoms with E-state index in [1.165, 1.54) is 34.4 Å². The number of nitro groups is 1. The summed E-state index contributed by atoms with van der Waals surface area (Å²) in [5.74, 6) is 0.341. The largest absolute Gasteiger partial charge is 0.310 e. The van der Waals surface area contributed by atoms with Gasteiger partial charge in [0.25, 0.3) is 5.69 Å². The molecule has 0 aliphatic heterocycles. The zero-order chi connectivity index (χ0) is 20.2. The van der Waals surface area contributed by atoms with E-state index >= 15 is 0 Å². The van der Waals surface area contributed by atoms with Gasteiger partial charge in [0.1, 0.15) is 12.0 Å². The van der Waals surface area contributed by atoms with Gasteiger partial charge in [0.15, 0.2) is 0 Å². The second-order valence-corrected chi connectivity index (χ2v) is 7.98. The van der Waals surface area contributed by atoms with Crippen LogP contribution in [0.3, 0.4) is 0 Å². The summed E-state index contributed by atoms with van der Waals surface area (Å²) in [5.41, 5.74) is 4.27. The topological polar surface area (TPSA) is 85.1 Å². The van der Waals surface area contributed by atoms with Gasteiger partial charge < -0.3 is 5.32 Å². The van der Waals surface area contributed by atoms with Crippen molar-refractivity contribution in [1.29, 1.82) is 0 Å². The van der Waals surface area contributed by atoms with Crippen molar-refractivity contribution in [2.45, 2.75) is 25.2 Å². The highest BCUT2D eigenvalue weighted by Crippen LogP contribution is 2.61. The van der Waals surface area contributed by atoms with E-state index in [0.717, 1.165) is 6.20 Å². The minimum Gasteiger partial charge on any atom is -0.310 e. The number of hydrogen-bond acceptors (Lipinski definition) is 4. The van der Waals surface area contributed by atoms with Crippen molar-refractivity contribution in [2.75, 3.05) is 5.32 Å². The number of amides is 1. The lowest BCUT2D eigenvalue weighted by Crippen LogP contribution is -2.47. The van der Waals surface area contributed by atoms with Crippen molar-refractivity contribution in [2.24, 2.45) is 5.41 Å². The van der Waals surface area contributed by atoms with Crippen LogP contribution < -0.4 is 5.32 Å². The maximum absolute atomic E-state index is 13.4. The lowest BCUT2D eigenvalue weighted by atomic mass is 9.52. The second-order valence-electron chi connectivity index (χ2n) is 7.98. The molecule has 0 radical (unpaired) electrons. The molecule has 1 unspecified atom stereocenters. The highest BCUT2D eigenvalue weighted by Gasteiger charge is 2.53. The number of nitrogens with one attached hydrogen (secondary N) is 1. The lowest BCUT2D eigenvalue weighted by molar-refractivity contribution is -0.385. The first-order valence-corrected chi connectivity index (χ1v) is 9.58. The average molecular weight is 385 g/mol. The van der Waals surface area contributed by atoms with Crippen LogP contribution in [0.25, 0.3) is 0 Å². The van der Waals surface area contributed by atoms with E-state index in [-0.39, 0.29) is 23.4 Å². The maximum Gasteiger partial charge on any atom is 0.287 e. The van der Waals surface area contributed by atoms with Gasteiger partial charge in [0, 0.05) is 17.9 Å². The number of nitrogens with zero attached hydrogens (tertiary/aromatic N) is 2. The molecular weight excluding hydrogens is 366 g/mol. The molecule has 6 rings (SSSR count). The van der Waals surface area contributed by atoms with E-state index in [2.05, 4.69) is 46.7 Å². The third-order valence-electron chi connectivity index (χ3n) is 6.35. The third-order valence-corrected chi connectivity index (χ3v) is 6.35. The Morgan fingerprint density at radius 3 is 2.14 bits per heavy atom. The van der Waals surface area contributed by atoms with E-state index in [0.29, 0.717) is 12.2 Å². The van der Waals surface area contributed by atoms with Crippen LogP contribution in [0.1, 0.15) is 47.4 Å². The Hall–Kier alpha value is -3.54. The monoisotopic (exact) mass is 385 g/mol. The van der Waals surface area contributed by atoms with E-state index < -0.39 is 10.3 Å². The van der Waals surface area contributed by atoms with Gasteiger partial charge in [0.05, 0.1) is 10.3 Å². The summed E-state index contributed by atoms with van der Waals surface area (Å²) in [6.07, 6.45) is 1.88. The Bertz CT molecular complexity index is 1090. The van der Waals surface area contributed by atoms with E-state index in [1.54, 1.807) is 0 Å². The molecule has 1 atom stereocenters. The number of benzene rings is 2. The fraction of sp³-hybridized carbons (Fsp3) is 0.217. The Balaban J connectivity index is 1.54. The van der Waals surface area contributed by atoms with E-state index in [9.17, 15) is 14.9 Å². The van der Waals surface area contributed by atoms with Crippen molar-refractivity contribution in [3.63, 3.8) is 0 Å². The molecular formula is C23H19N3O3. The molecule has 3 aliphatic carbocycles. The first-order chi connectivity index (χ1) is 14.0. The summed E-state index contributed by atoms with van der Waals surface area (Å²) >= 11 is 0. The van der Waals surface area contributed by atoms with Gasteiger partial charge in [-0.25, -0.2) is 4.98 Å². The Labute approximate surface area is 167 Å². The Morgan fingerprint density at radius 2 is 1.62 bits per heavy atom. The molecule has 1 aromatic heterocycles. The predicted molar refractivity (Wildman–Crippen MR) is 109 cm³/mol. The van der Waals surface area contributed by atoms with Gasteiger partial charge in [-0.2, -0.15) is 0 Å². The fourth-order valence-electron chi connectivity index (χ4n) is 5.02. The number of pyridine rings is 1. The van der Waals surface area contributed by atoms with Crippen molar-refractivity contribution < 1.29 is 9.72 Å². The second kappa shape index (κ2) is 6.24. The molecule has 0 saturated carbocycles. The average Bonchev–Trinajstić information content (AvgIpc) is 2.74. The van der Waals surface area contributed by atoms with Gasteiger partial charge in [0.2, 0.25) is 5.91 Å². The lowest BCUT2D eigenvalue weighted by Gasteiger charge is -2.50. The smallest absolute Gasteiger partial charge is 0.287 e. The predicted octanol–water partition coefficient (Wildman–Crippen LogP) is 4.62. The molecule has 29 heavy (non-hydrogen) atoms. The normalized spacial score (nSPS) is 23.8. The zero-order valence-corrected chi connectivity index (χ0v) is 15.8. The van der Waals surface area contributed by atoms with Gasteiger partial charge in [-0.15, -0.1) is 0 Å². The third kappa shape index (κ3) is 2.56. The van der Waals surface area contributed by atoms with Crippen LogP contribution in [0, 0.1) is 15.5 Å². The number of fused-ring (bicyclic) bond motifs is 1. The molecule has 6 nitrogen and oxygen atoms in total. The molecule has 3 aliphatic rings. The van der Waals surface area contributed by atoms with Crippen LogP contribution in [-0.2, 0) is 4.79 Å². The Morgan fingerprint density at radius 1 is 1.03 bits per heavy atom. The number of hydrogen-bond donors (Lipinski definition) is 1. The summed E-state index contributed by atoms with van der Waals surface area (Å²) in [7, 11) is 0. The summed E-state index contributed by atoms with van der Waals surface area (Å²) in [4.78, 5) is 27.8. The van der Waals surface area contributed by atoms with Crippen LogP contribution in [-0.4, -0.2) is 15.8 Å². The van der Waals surface area contributed by atoms with Crippen molar-refractivity contribution >= 4 is 17.4 Å². The maximum atomic E-state index is 13.4. The van der Waals surface area contributed by atoms with E-state index in [4.69, 9.17) is 0 Å². The summed E-state index contributed by atoms with van der Waals surface area (Å²) in [6, 6.07) is 19.6. The summed E-state index contributed by atoms with van der Waals surface area (Å²) in [5, 5.41) is 13.7. The van der Waals surface area contributed by atoms with Crippen LogP contribution in [0.2, 0.25) is 0 Å². The van der Waals surface area contributed by atoms with Gasteiger partial charge in [-0.1, -0.05) is 48.5 Å². The molecule has 2 aromatic carbocycles. The summed E-state index contributed by atoms with van der Waals surface area (Å²) in [6.45, 7) is 2.01. The molecule has 0 fully saturated rings. The van der Waals surface area contributed by atoms with Crippen LogP contribution in [0.15, 0.2) is 66.9 Å². The quantitative estimate of drug-likeness (QED) is 0.527. The highest BCUT2D eigenvalue weighted by molar-refractivity contribution is 5.96. The molecule has 2 bridgehead atoms. The molecule has 1 heterocycles. The summed E-state index contributed by atoms with van der Waals surface area (Å²) < 4.78 is 0. The van der Waals surface area contributed by atoms with Gasteiger partial charge in [-0.3, -0.25) is 14.9 Å². The minimum absolute atomic E-state index is 0.0436. The van der Waals surface area contributed by atoms with Crippen molar-refractivity contribution in [1.82, 2.24) is 4.98 Å². The molecule has 1 amide bonds. The van der Waals surface area contributed by atoms with Crippen LogP contribution in [0.5, 0.6) is 0 Å². The van der Waals surface area contributed by atoms with Crippen LogP contribution in [0.4, 0.5) is 11.5 Å². The number of anilines is 1. The molecule has 6 heteroatoms. The molecule has 3 aromatic rings. The fourth-order valence-corrected chi connectivity index (χ4v) is 5.02. The number of carbonyl (C=O) groups excluding carboxylic acids is 1. The Kier molecular flexibility index (Phi) is 3.77. The zero-order valence-electron chi connectivity index (χ0n) is 15.8. The SMILES string of the molecule is CC1(C(=O)Nc2ccc([N+](=O)[O-])cn2)CC2c3ccccc3C1c1ccccc12. The number of rotatable bonds is 3. The van der Waals surface area contributed by atoms with Crippen LogP contribution >= 0.6 is 0 Å². The molecule has 0 spiro atoms. The minimum atomic E-state index is -0.642. The standard InChI is InChI=1S/C23H19N3O3/c1-23(22(27)25-20-11-10-14(13-24-20)26(28)29)12-19-15-6-2-4-8-17(15)21(23)18-9-5-3-7-16(18)19/h2-11,13,19,21H,12H2,1H3,(H,24,25,27). The van der Waals surface area contributed by atoms with Crippen molar-refractivity contribution in [3.8, 4) is 0 Å². The molecule has 144 valence electrons. The van der Waals surface area contributed by atoms with E-state index in [1.807, 2.05) is 19.1 Å². The van der Waals surface area contributed by atoms with Crippen molar-refractivity contribution in [3.05, 3.63) is 99.2 Å². The number of carbonyl (C=O) groups is 1. The van der Waals surface area contributed by atoms with Gasteiger partial charge in [-0.05, 0) is 41.7 Å². The first-order valence-electron chi connectivity index (χ1n) is 9.58. The first kappa shape index (κ1) is 17.6. The molecule has 1 N–H and O–H groups in total. The highest BCUT2D eigenvalue weighted by atomic mass is 16.6.